The number of nitrogens with two attached hydrogens (primary N) is 2. The zero-order chi connectivity index (χ0) is 52.1. The average molecular weight is 1030 g/mol. The zero-order valence-electron chi connectivity index (χ0n) is 41.8. The molecule has 4 aliphatic heterocycles. The van der Waals surface area contributed by atoms with Crippen molar-refractivity contribution in [3.05, 3.63) is 78.1 Å². The van der Waals surface area contributed by atoms with E-state index in [4.69, 9.17) is 53.7 Å². The molecule has 5 aromatic rings. The zero-order valence-corrected chi connectivity index (χ0v) is 42.6. The summed E-state index contributed by atoms with van der Waals surface area (Å²) in [7, 11) is -4.50. The highest BCUT2D eigenvalue weighted by Gasteiger charge is 2.67. The fourth-order valence-electron chi connectivity index (χ4n) is 10.8. The van der Waals surface area contributed by atoms with Gasteiger partial charge in [-0.15, -0.1) is 0 Å². The van der Waals surface area contributed by atoms with Gasteiger partial charge in [0.15, 0.2) is 23.2 Å². The summed E-state index contributed by atoms with van der Waals surface area (Å²) in [6.07, 6.45) is -0.961. The molecule has 1 saturated carbocycles. The SMILES string of the molecule is C[C@H](NP(=O)(OC[C@H]1O[C@@](C#N)(c2ccc3c(N)ncnn23)[C@@H]2OC(C)(C)O[C@@H]21)Oc1ccc(C(C)(C)CCC2(C)O[C@H]3[C@@H](O2)[C@](C#N)(c2ccc4c(N)ncnn24)O[C@@H]3CO)cc1)C(=O)OC1CC(C)(C)C1. The summed E-state index contributed by atoms with van der Waals surface area (Å²) < 4.78 is 74.7. The molecule has 23 nitrogen and oxygen atoms in total. The summed E-state index contributed by atoms with van der Waals surface area (Å²) in [4.78, 5) is 21.6. The van der Waals surface area contributed by atoms with Gasteiger partial charge < -0.3 is 54.3 Å². The Morgan fingerprint density at radius 2 is 1.41 bits per heavy atom. The highest BCUT2D eigenvalue weighted by molar-refractivity contribution is 7.52. The van der Waals surface area contributed by atoms with Crippen LogP contribution >= 0.6 is 7.75 Å². The Balaban J connectivity index is 0.859. The summed E-state index contributed by atoms with van der Waals surface area (Å²) in [6, 6.07) is 17.1. The number of hydrogen-bond donors (Lipinski definition) is 4. The molecule has 10 rings (SSSR count). The normalized spacial score (nSPS) is 31.5. The van der Waals surface area contributed by atoms with E-state index in [-0.39, 0.29) is 28.9 Å². The first-order valence-corrected chi connectivity index (χ1v) is 25.7. The summed E-state index contributed by atoms with van der Waals surface area (Å²) in [5.74, 6) is -2.40. The molecule has 2 unspecified atom stereocenters. The Kier molecular flexibility index (Phi) is 12.5. The molecule has 0 spiro atoms. The minimum Gasteiger partial charge on any atom is -0.461 e. The van der Waals surface area contributed by atoms with Gasteiger partial charge in [0, 0.05) is 6.42 Å². The van der Waals surface area contributed by atoms with Crippen molar-refractivity contribution in [2.75, 3.05) is 24.7 Å². The predicted octanol–water partition coefficient (Wildman–Crippen LogP) is 4.86. The molecule has 5 aliphatic rings. The summed E-state index contributed by atoms with van der Waals surface area (Å²) in [5.41, 5.74) is 10.8. The Morgan fingerprint density at radius 3 is 1.97 bits per heavy atom. The van der Waals surface area contributed by atoms with Gasteiger partial charge in [-0.05, 0) is 99.7 Å². The summed E-state index contributed by atoms with van der Waals surface area (Å²) >= 11 is 0. The fourth-order valence-corrected chi connectivity index (χ4v) is 12.3. The molecule has 388 valence electrons. The van der Waals surface area contributed by atoms with Crippen LogP contribution in [-0.4, -0.2) is 114 Å². The number of nitrogens with one attached hydrogen (secondary N) is 1. The lowest BCUT2D eigenvalue weighted by molar-refractivity contribution is -0.218. The van der Waals surface area contributed by atoms with Crippen LogP contribution in [0.15, 0.2) is 61.2 Å². The largest absolute Gasteiger partial charge is 0.461 e. The van der Waals surface area contributed by atoms with Gasteiger partial charge in [-0.3, -0.25) is 9.32 Å². The third-order valence-electron chi connectivity index (χ3n) is 14.7. The van der Waals surface area contributed by atoms with Crippen molar-refractivity contribution in [3.8, 4) is 17.9 Å². The van der Waals surface area contributed by atoms with E-state index in [0.29, 0.717) is 48.1 Å². The first-order chi connectivity index (χ1) is 34.5. The van der Waals surface area contributed by atoms with Gasteiger partial charge in [0.2, 0.25) is 11.2 Å². The minimum absolute atomic E-state index is 0.0421. The monoisotopic (exact) mass is 1030 g/mol. The number of nitriles is 2. The number of esters is 1. The molecule has 6 N–H and O–H groups in total. The molecule has 1 aromatic carbocycles. The molecule has 73 heavy (non-hydrogen) atoms. The van der Waals surface area contributed by atoms with Crippen molar-refractivity contribution < 1.29 is 56.7 Å². The van der Waals surface area contributed by atoms with Gasteiger partial charge in [-0.25, -0.2) is 23.6 Å². The quantitative estimate of drug-likeness (QED) is 0.0758. The molecule has 8 heterocycles. The van der Waals surface area contributed by atoms with Crippen LogP contribution in [-0.2, 0) is 63.7 Å². The van der Waals surface area contributed by atoms with Crippen molar-refractivity contribution in [3.63, 3.8) is 0 Å². The second-order valence-corrected chi connectivity index (χ2v) is 23.3. The standard InChI is InChI=1S/C49H60N11O12P/c1-27(43(62)65-30-19-44(2,3)20-30)58-73(63,64-22-34-38-39(70-46(6,7)68-38)48(23-50,67-34)35-15-13-31-41(52)54-25-56-59(31)35)72-29-11-9-28(10-12-29)45(4,5)17-18-47(8)69-37-33(21-61)66-49(24-51,40(37)71-47)36-16-14-32-42(53)55-26-57-60(32)36/h9-16,25-27,30,33-34,37-40,61H,17-22H2,1-8H3,(H,58,63)(H2,52,54,56)(H2,53,55,57)/t27-,33+,34+,37+,38+,39+,40+,47?,48-,49-,73?/m0/s1. The maximum atomic E-state index is 15.1. The van der Waals surface area contributed by atoms with Crippen molar-refractivity contribution in [1.82, 2.24) is 34.3 Å². The van der Waals surface area contributed by atoms with Crippen molar-refractivity contribution in [1.29, 1.82) is 10.5 Å². The Morgan fingerprint density at radius 1 is 0.849 bits per heavy atom. The van der Waals surface area contributed by atoms with Crippen LogP contribution in [0.5, 0.6) is 5.75 Å². The third-order valence-corrected chi connectivity index (χ3v) is 16.3. The molecule has 0 bridgehead atoms. The lowest BCUT2D eigenvalue weighted by Gasteiger charge is -2.42. The number of nitrogens with zero attached hydrogens (tertiary/aromatic N) is 8. The van der Waals surface area contributed by atoms with Gasteiger partial charge in [-0.1, -0.05) is 39.8 Å². The molecule has 4 saturated heterocycles. The van der Waals surface area contributed by atoms with E-state index in [0.717, 1.165) is 5.56 Å². The number of hydrogen-bond acceptors (Lipinski definition) is 20. The molecule has 24 heteroatoms. The molecule has 0 amide bonds. The first-order valence-electron chi connectivity index (χ1n) is 24.2. The highest BCUT2D eigenvalue weighted by atomic mass is 31.2. The number of aromatic nitrogens is 6. The van der Waals surface area contributed by atoms with Gasteiger partial charge >= 0.3 is 13.7 Å². The number of fused-ring (bicyclic) bond motifs is 4. The number of aliphatic hydroxyl groups excluding tert-OH is 1. The van der Waals surface area contributed by atoms with Crippen LogP contribution in [0.1, 0.15) is 98.0 Å². The predicted molar refractivity (Wildman–Crippen MR) is 257 cm³/mol. The number of nitrogen functional groups attached to an aromatic ring is 2. The van der Waals surface area contributed by atoms with E-state index in [1.54, 1.807) is 57.2 Å². The molecule has 5 fully saturated rings. The number of anilines is 2. The number of benzene rings is 1. The van der Waals surface area contributed by atoms with Crippen LogP contribution in [0.3, 0.4) is 0 Å². The van der Waals surface area contributed by atoms with Crippen LogP contribution in [0.4, 0.5) is 11.6 Å². The van der Waals surface area contributed by atoms with Gasteiger partial charge in [0.1, 0.15) is 90.3 Å². The lowest BCUT2D eigenvalue weighted by atomic mass is 9.70. The van der Waals surface area contributed by atoms with E-state index >= 15 is 4.57 Å². The van der Waals surface area contributed by atoms with E-state index in [2.05, 4.69) is 65.1 Å². The third kappa shape index (κ3) is 8.88. The second-order valence-electron chi connectivity index (χ2n) is 21.6. The lowest BCUT2D eigenvalue weighted by Crippen LogP contribution is -2.43. The molecule has 0 radical (unpaired) electrons. The van der Waals surface area contributed by atoms with Gasteiger partial charge in [0.05, 0.1) is 24.6 Å². The maximum absolute atomic E-state index is 15.1. The summed E-state index contributed by atoms with van der Waals surface area (Å²) in [6.45, 7) is 14.2. The molecule has 4 aromatic heterocycles. The van der Waals surface area contributed by atoms with E-state index in [1.807, 2.05) is 12.1 Å². The molecule has 11 atom stereocenters. The van der Waals surface area contributed by atoms with Gasteiger partial charge in [0.25, 0.3) is 0 Å². The molecular formula is C49H60N11O12P. The number of carbonyl (C=O) groups excluding carboxylic acids is 1. The maximum Gasteiger partial charge on any atom is 0.459 e. The molecule has 1 aliphatic carbocycles. The Labute approximate surface area is 420 Å². The number of rotatable bonds is 16. The number of carbonyl (C=O) groups is 1. The van der Waals surface area contributed by atoms with Crippen LogP contribution < -0.4 is 21.1 Å². The van der Waals surface area contributed by atoms with Crippen molar-refractivity contribution in [2.45, 2.75) is 158 Å². The van der Waals surface area contributed by atoms with Crippen molar-refractivity contribution in [2.24, 2.45) is 5.41 Å². The van der Waals surface area contributed by atoms with Crippen LogP contribution in [0.2, 0.25) is 0 Å². The molecular weight excluding hydrogens is 966 g/mol. The number of aliphatic hydroxyl groups is 1. The number of ether oxygens (including phenoxy) is 7. The fraction of sp³-hybridized carbons (Fsp3) is 0.571. The van der Waals surface area contributed by atoms with Crippen LogP contribution in [0, 0.1) is 28.1 Å². The van der Waals surface area contributed by atoms with Gasteiger partial charge in [-0.2, -0.15) is 25.8 Å². The topological polar surface area (TPSA) is 309 Å². The summed E-state index contributed by atoms with van der Waals surface area (Å²) in [5, 5.41) is 43.5. The Bertz CT molecular complexity index is 3070. The van der Waals surface area contributed by atoms with E-state index in [1.165, 1.54) is 28.6 Å². The highest BCUT2D eigenvalue weighted by Crippen LogP contribution is 2.54. The minimum atomic E-state index is -4.50. The second kappa shape index (κ2) is 17.9. The van der Waals surface area contributed by atoms with E-state index < -0.39 is 97.8 Å². The smallest absolute Gasteiger partial charge is 0.459 e. The van der Waals surface area contributed by atoms with Crippen molar-refractivity contribution >= 4 is 36.4 Å². The first kappa shape index (κ1) is 50.7. The van der Waals surface area contributed by atoms with Crippen LogP contribution in [0.25, 0.3) is 11.0 Å². The average Bonchev–Trinajstić information content (AvgIpc) is 4.19. The Hall–Kier alpha value is -5.82. The van der Waals surface area contributed by atoms with E-state index in [9.17, 15) is 20.4 Å².